The summed E-state index contributed by atoms with van der Waals surface area (Å²) in [6.07, 6.45) is -5.83. The minimum atomic E-state index is -2.60. The van der Waals surface area contributed by atoms with Gasteiger partial charge < -0.3 is 36.7 Å². The minimum absolute atomic E-state index is 0.457. The first kappa shape index (κ1) is 35.9. The standard InChI is InChI=1S/C32H56O11Si4/c1-17-24(33)36-22-21(41-45(8,9)10)30-20-18(40-44(5,6)7)19(28(2,3)4)29(30)23(42-46(11,12)13)25(34)38-27(29)39-32(30,26(35)37-20)31(17,22)43-47(14,15)16/h17-23,27H,1-16H3. The second kappa shape index (κ2) is 9.90. The van der Waals surface area contributed by atoms with Crippen molar-refractivity contribution in [2.45, 2.75) is 154 Å². The maximum atomic E-state index is 15.2. The van der Waals surface area contributed by atoms with Gasteiger partial charge in [0.1, 0.15) is 11.7 Å². The molecule has 0 bridgehead atoms. The van der Waals surface area contributed by atoms with E-state index in [9.17, 15) is 9.59 Å². The maximum Gasteiger partial charge on any atom is 0.343 e. The molecule has 12 unspecified atom stereocenters. The molecule has 266 valence electrons. The van der Waals surface area contributed by atoms with E-state index in [1.807, 2.05) is 39.3 Å². The summed E-state index contributed by atoms with van der Waals surface area (Å²) >= 11 is 0. The predicted octanol–water partition coefficient (Wildman–Crippen LogP) is 5.04. The van der Waals surface area contributed by atoms with E-state index in [0.717, 1.165) is 0 Å². The van der Waals surface area contributed by atoms with Crippen molar-refractivity contribution < 1.29 is 51.0 Å². The van der Waals surface area contributed by atoms with Gasteiger partial charge in [-0.05, 0) is 90.9 Å². The molecule has 12 atom stereocenters. The van der Waals surface area contributed by atoms with Crippen molar-refractivity contribution in [1.82, 2.24) is 0 Å². The van der Waals surface area contributed by atoms with Crippen molar-refractivity contribution in [3.63, 3.8) is 0 Å². The first-order valence-electron chi connectivity index (χ1n) is 17.1. The van der Waals surface area contributed by atoms with Crippen LogP contribution < -0.4 is 0 Å². The van der Waals surface area contributed by atoms with Crippen molar-refractivity contribution in [2.75, 3.05) is 0 Å². The zero-order valence-electron chi connectivity index (χ0n) is 31.1. The molecule has 15 heteroatoms. The molecule has 0 radical (unpaired) electrons. The smallest absolute Gasteiger partial charge is 0.343 e. The largest absolute Gasteiger partial charge is 0.457 e. The van der Waals surface area contributed by atoms with Gasteiger partial charge in [0.05, 0.1) is 29.0 Å². The quantitative estimate of drug-likeness (QED) is 0.190. The molecular formula is C32H56O11Si4. The second-order valence-electron chi connectivity index (χ2n) is 19.6. The van der Waals surface area contributed by atoms with Crippen LogP contribution in [0.4, 0.5) is 0 Å². The minimum Gasteiger partial charge on any atom is -0.457 e. The Balaban J connectivity index is 1.81. The van der Waals surface area contributed by atoms with Gasteiger partial charge in [0.2, 0.25) is 11.9 Å². The molecule has 2 aliphatic carbocycles. The van der Waals surface area contributed by atoms with Crippen LogP contribution in [0.2, 0.25) is 78.6 Å². The van der Waals surface area contributed by atoms with Gasteiger partial charge >= 0.3 is 17.9 Å². The third-order valence-electron chi connectivity index (χ3n) is 10.7. The van der Waals surface area contributed by atoms with E-state index >= 15 is 4.79 Å². The summed E-state index contributed by atoms with van der Waals surface area (Å²) in [7, 11) is -9.93. The Bertz CT molecular complexity index is 1390. The Hall–Kier alpha value is -0.922. The summed E-state index contributed by atoms with van der Waals surface area (Å²) in [6.45, 7) is 32.8. The molecule has 2 spiro atoms. The summed E-state index contributed by atoms with van der Waals surface area (Å²) in [5.74, 6) is -3.03. The lowest BCUT2D eigenvalue weighted by atomic mass is 9.51. The lowest BCUT2D eigenvalue weighted by Gasteiger charge is -2.51. The highest BCUT2D eigenvalue weighted by molar-refractivity contribution is 6.71. The van der Waals surface area contributed by atoms with Gasteiger partial charge in [-0.15, -0.1) is 0 Å². The van der Waals surface area contributed by atoms with Crippen LogP contribution >= 0.6 is 0 Å². The molecule has 0 amide bonds. The first-order valence-corrected chi connectivity index (χ1v) is 30.7. The number of rotatable bonds is 8. The molecule has 11 nitrogen and oxygen atoms in total. The van der Waals surface area contributed by atoms with Gasteiger partial charge in [-0.25, -0.2) is 9.59 Å². The van der Waals surface area contributed by atoms with Crippen LogP contribution in [0.5, 0.6) is 0 Å². The van der Waals surface area contributed by atoms with Crippen molar-refractivity contribution >= 4 is 51.2 Å². The summed E-state index contributed by atoms with van der Waals surface area (Å²) in [6, 6.07) is 0. The Kier molecular flexibility index (Phi) is 7.56. The average molecular weight is 729 g/mol. The topological polar surface area (TPSA) is 125 Å². The van der Waals surface area contributed by atoms with Crippen molar-refractivity contribution in [1.29, 1.82) is 0 Å². The fraction of sp³-hybridized carbons (Fsp3) is 0.906. The van der Waals surface area contributed by atoms with Crippen LogP contribution in [0, 0.1) is 28.1 Å². The van der Waals surface area contributed by atoms with Crippen molar-refractivity contribution in [2.24, 2.45) is 28.1 Å². The molecule has 2 saturated carbocycles. The third kappa shape index (κ3) is 4.39. The Labute approximate surface area is 283 Å². The van der Waals surface area contributed by atoms with E-state index in [0.29, 0.717) is 0 Å². The molecule has 4 heterocycles. The molecule has 6 fully saturated rings. The van der Waals surface area contributed by atoms with E-state index in [1.165, 1.54) is 0 Å². The van der Waals surface area contributed by atoms with E-state index in [2.05, 4.69) is 60.1 Å². The summed E-state index contributed by atoms with van der Waals surface area (Å²) in [4.78, 5) is 43.3. The van der Waals surface area contributed by atoms with Crippen LogP contribution in [0.25, 0.3) is 0 Å². The van der Waals surface area contributed by atoms with Crippen molar-refractivity contribution in [3.05, 3.63) is 0 Å². The van der Waals surface area contributed by atoms with Gasteiger partial charge in [0, 0.05) is 5.92 Å². The van der Waals surface area contributed by atoms with Gasteiger partial charge in [-0.1, -0.05) is 20.8 Å². The number of ether oxygens (including phenoxy) is 4. The van der Waals surface area contributed by atoms with Crippen LogP contribution in [0.15, 0.2) is 0 Å². The Morgan fingerprint density at radius 1 is 0.681 bits per heavy atom. The number of carbonyl (C=O) groups is 3. The highest BCUT2D eigenvalue weighted by Gasteiger charge is 3.06. The number of hydrogen-bond acceptors (Lipinski definition) is 11. The number of hydrogen-bond donors (Lipinski definition) is 0. The molecule has 0 aromatic carbocycles. The number of carbonyl (C=O) groups excluding carboxylic acids is 3. The lowest BCUT2D eigenvalue weighted by Crippen LogP contribution is -2.70. The zero-order chi connectivity index (χ0) is 35.5. The summed E-state index contributed by atoms with van der Waals surface area (Å²) in [5.41, 5.74) is -6.81. The van der Waals surface area contributed by atoms with E-state index < -0.39 is 127 Å². The average Bonchev–Trinajstić information content (AvgIpc) is 3.53. The molecule has 4 aliphatic heterocycles. The van der Waals surface area contributed by atoms with Gasteiger partial charge in [-0.3, -0.25) is 4.79 Å². The van der Waals surface area contributed by atoms with Crippen LogP contribution in [-0.4, -0.2) is 99.2 Å². The number of esters is 3. The molecule has 6 aliphatic rings. The Morgan fingerprint density at radius 3 is 1.72 bits per heavy atom. The predicted molar refractivity (Wildman–Crippen MR) is 182 cm³/mol. The third-order valence-corrected chi connectivity index (χ3v) is 14.6. The molecule has 0 N–H and O–H groups in total. The fourth-order valence-electron chi connectivity index (χ4n) is 10.4. The second-order valence-corrected chi connectivity index (χ2v) is 37.4. The summed E-state index contributed by atoms with van der Waals surface area (Å²) in [5, 5.41) is 0. The number of fused-ring (bicyclic) bond motifs is 1. The van der Waals surface area contributed by atoms with E-state index in [1.54, 1.807) is 6.92 Å². The highest BCUT2D eigenvalue weighted by Crippen LogP contribution is 2.86. The van der Waals surface area contributed by atoms with Crippen LogP contribution in [0.1, 0.15) is 27.7 Å². The summed E-state index contributed by atoms with van der Waals surface area (Å²) < 4.78 is 55.2. The van der Waals surface area contributed by atoms with Crippen molar-refractivity contribution in [3.8, 4) is 0 Å². The monoisotopic (exact) mass is 728 g/mol. The molecular weight excluding hydrogens is 673 g/mol. The van der Waals surface area contributed by atoms with Gasteiger partial charge in [0.15, 0.2) is 45.5 Å². The van der Waals surface area contributed by atoms with E-state index in [4.69, 9.17) is 36.7 Å². The molecule has 4 saturated heterocycles. The van der Waals surface area contributed by atoms with Crippen LogP contribution in [-0.2, 0) is 51.0 Å². The molecule has 0 aromatic heterocycles. The first-order chi connectivity index (χ1) is 21.0. The lowest BCUT2D eigenvalue weighted by molar-refractivity contribution is -0.235. The maximum absolute atomic E-state index is 15.2. The fourth-order valence-corrected chi connectivity index (χ4v) is 15.0. The Morgan fingerprint density at radius 2 is 1.23 bits per heavy atom. The zero-order valence-corrected chi connectivity index (χ0v) is 35.1. The molecule has 6 rings (SSSR count). The van der Waals surface area contributed by atoms with Gasteiger partial charge in [-0.2, -0.15) is 0 Å². The van der Waals surface area contributed by atoms with Gasteiger partial charge in [0.25, 0.3) is 0 Å². The normalized spacial score (nSPS) is 45.8. The highest BCUT2D eigenvalue weighted by atomic mass is 28.4. The van der Waals surface area contributed by atoms with E-state index in [-0.39, 0.29) is 0 Å². The SMILES string of the molecule is CC1C(=O)OC2C(O[Si](C)(C)C)C34C5OC(=O)C3(OC3OC(=O)C(O[Si](C)(C)C)C34C(C(C)(C)C)C5O[Si](C)(C)C)C12O[Si](C)(C)C. The molecule has 0 aromatic rings. The molecule has 47 heavy (non-hydrogen) atoms. The van der Waals surface area contributed by atoms with Crippen LogP contribution in [0.3, 0.4) is 0 Å².